The van der Waals surface area contributed by atoms with Gasteiger partial charge in [-0.3, -0.25) is 5.32 Å². The predicted molar refractivity (Wildman–Crippen MR) is 41.6 cm³/mol. The van der Waals surface area contributed by atoms with E-state index in [4.69, 9.17) is 0 Å². The van der Waals surface area contributed by atoms with Crippen LogP contribution >= 0.6 is 0 Å². The SMILES string of the molecule is CC[C@H]1CCNC(O)[C@H]1C. The molecule has 0 aromatic carbocycles. The van der Waals surface area contributed by atoms with E-state index in [1.54, 1.807) is 0 Å². The van der Waals surface area contributed by atoms with E-state index in [1.807, 2.05) is 0 Å². The van der Waals surface area contributed by atoms with Gasteiger partial charge in [0, 0.05) is 0 Å². The lowest BCUT2D eigenvalue weighted by Gasteiger charge is -2.33. The Kier molecular flexibility index (Phi) is 2.69. The van der Waals surface area contributed by atoms with Gasteiger partial charge in [0.05, 0.1) is 0 Å². The zero-order valence-corrected chi connectivity index (χ0v) is 6.80. The molecule has 1 saturated heterocycles. The molecule has 1 rings (SSSR count). The van der Waals surface area contributed by atoms with Crippen molar-refractivity contribution in [2.24, 2.45) is 11.8 Å². The molecule has 0 saturated carbocycles. The fourth-order valence-electron chi connectivity index (χ4n) is 1.70. The molecule has 1 unspecified atom stereocenters. The Morgan fingerprint density at radius 3 is 2.80 bits per heavy atom. The van der Waals surface area contributed by atoms with Gasteiger partial charge in [-0.2, -0.15) is 0 Å². The lowest BCUT2D eigenvalue weighted by Crippen LogP contribution is -2.44. The Balaban J connectivity index is 2.42. The lowest BCUT2D eigenvalue weighted by atomic mass is 9.85. The van der Waals surface area contributed by atoms with Gasteiger partial charge in [-0.25, -0.2) is 0 Å². The standard InChI is InChI=1S/C8H17NO/c1-3-7-4-5-9-8(10)6(7)2/h6-10H,3-5H2,1-2H3/t6-,7-,8?/m0/s1. The van der Waals surface area contributed by atoms with Crippen LogP contribution in [0.2, 0.25) is 0 Å². The van der Waals surface area contributed by atoms with E-state index in [1.165, 1.54) is 12.8 Å². The minimum Gasteiger partial charge on any atom is -0.378 e. The van der Waals surface area contributed by atoms with Crippen molar-refractivity contribution >= 4 is 0 Å². The highest BCUT2D eigenvalue weighted by molar-refractivity contribution is 4.76. The van der Waals surface area contributed by atoms with Crippen molar-refractivity contribution in [2.75, 3.05) is 6.54 Å². The summed E-state index contributed by atoms with van der Waals surface area (Å²) in [5.74, 6) is 1.15. The quantitative estimate of drug-likeness (QED) is 0.573. The summed E-state index contributed by atoms with van der Waals surface area (Å²) >= 11 is 0. The fourth-order valence-corrected chi connectivity index (χ4v) is 1.70. The van der Waals surface area contributed by atoms with Crippen molar-refractivity contribution in [1.82, 2.24) is 5.32 Å². The van der Waals surface area contributed by atoms with Crippen molar-refractivity contribution in [3.63, 3.8) is 0 Å². The Labute approximate surface area is 62.6 Å². The highest BCUT2D eigenvalue weighted by atomic mass is 16.3. The molecule has 2 N–H and O–H groups in total. The molecule has 0 aliphatic carbocycles. The van der Waals surface area contributed by atoms with Gasteiger partial charge in [-0.15, -0.1) is 0 Å². The van der Waals surface area contributed by atoms with Gasteiger partial charge in [0.2, 0.25) is 0 Å². The van der Waals surface area contributed by atoms with E-state index >= 15 is 0 Å². The molecular formula is C8H17NO. The van der Waals surface area contributed by atoms with Gasteiger partial charge >= 0.3 is 0 Å². The van der Waals surface area contributed by atoms with E-state index in [2.05, 4.69) is 19.2 Å². The van der Waals surface area contributed by atoms with Crippen molar-refractivity contribution in [2.45, 2.75) is 32.9 Å². The van der Waals surface area contributed by atoms with E-state index in [9.17, 15) is 5.11 Å². The zero-order valence-electron chi connectivity index (χ0n) is 6.80. The summed E-state index contributed by atoms with van der Waals surface area (Å²) in [7, 11) is 0. The molecule has 2 heteroatoms. The highest BCUT2D eigenvalue weighted by Gasteiger charge is 2.26. The summed E-state index contributed by atoms with van der Waals surface area (Å²) in [6, 6.07) is 0. The van der Waals surface area contributed by atoms with E-state index in [-0.39, 0.29) is 6.23 Å². The summed E-state index contributed by atoms with van der Waals surface area (Å²) < 4.78 is 0. The van der Waals surface area contributed by atoms with Crippen LogP contribution in [0.15, 0.2) is 0 Å². The third-order valence-electron chi connectivity index (χ3n) is 2.63. The maximum Gasteiger partial charge on any atom is 0.107 e. The Hall–Kier alpha value is -0.0800. The fraction of sp³-hybridized carbons (Fsp3) is 1.00. The Morgan fingerprint density at radius 2 is 2.30 bits per heavy atom. The molecule has 0 bridgehead atoms. The second-order valence-electron chi connectivity index (χ2n) is 3.22. The predicted octanol–water partition coefficient (Wildman–Crippen LogP) is 0.960. The molecule has 1 heterocycles. The largest absolute Gasteiger partial charge is 0.378 e. The lowest BCUT2D eigenvalue weighted by molar-refractivity contribution is 0.0236. The second-order valence-corrected chi connectivity index (χ2v) is 3.22. The van der Waals surface area contributed by atoms with Crippen LogP contribution in [0, 0.1) is 11.8 Å². The molecular weight excluding hydrogens is 126 g/mol. The van der Waals surface area contributed by atoms with Crippen molar-refractivity contribution in [3.8, 4) is 0 Å². The number of aliphatic hydroxyl groups excluding tert-OH is 1. The van der Waals surface area contributed by atoms with Gasteiger partial charge in [0.1, 0.15) is 6.23 Å². The van der Waals surface area contributed by atoms with Crippen LogP contribution in [0.25, 0.3) is 0 Å². The van der Waals surface area contributed by atoms with Crippen LogP contribution in [0.5, 0.6) is 0 Å². The van der Waals surface area contributed by atoms with Crippen LogP contribution in [-0.2, 0) is 0 Å². The Bertz CT molecular complexity index is 105. The van der Waals surface area contributed by atoms with Crippen molar-refractivity contribution in [3.05, 3.63) is 0 Å². The summed E-state index contributed by atoms with van der Waals surface area (Å²) in [5, 5.41) is 12.4. The topological polar surface area (TPSA) is 32.3 Å². The van der Waals surface area contributed by atoms with E-state index in [0.29, 0.717) is 5.92 Å². The van der Waals surface area contributed by atoms with Gasteiger partial charge in [0.25, 0.3) is 0 Å². The first-order valence-corrected chi connectivity index (χ1v) is 4.17. The second kappa shape index (κ2) is 3.35. The number of hydrogen-bond acceptors (Lipinski definition) is 2. The van der Waals surface area contributed by atoms with E-state index in [0.717, 1.165) is 12.5 Å². The van der Waals surface area contributed by atoms with Gasteiger partial charge in [0.15, 0.2) is 0 Å². The zero-order chi connectivity index (χ0) is 7.56. The summed E-state index contributed by atoms with van der Waals surface area (Å²) in [5.41, 5.74) is 0. The van der Waals surface area contributed by atoms with E-state index < -0.39 is 0 Å². The molecule has 0 aromatic heterocycles. The van der Waals surface area contributed by atoms with Crippen LogP contribution < -0.4 is 5.32 Å². The van der Waals surface area contributed by atoms with Gasteiger partial charge in [-0.05, 0) is 24.8 Å². The molecule has 2 nitrogen and oxygen atoms in total. The normalized spacial score (nSPS) is 41.7. The Morgan fingerprint density at radius 1 is 1.60 bits per heavy atom. The minimum absolute atomic E-state index is 0.265. The van der Waals surface area contributed by atoms with Crippen LogP contribution in [0.1, 0.15) is 26.7 Å². The monoisotopic (exact) mass is 143 g/mol. The number of hydrogen-bond donors (Lipinski definition) is 2. The van der Waals surface area contributed by atoms with Crippen LogP contribution in [0.3, 0.4) is 0 Å². The average Bonchev–Trinajstić information content (AvgIpc) is 1.95. The smallest absolute Gasteiger partial charge is 0.107 e. The molecule has 3 atom stereocenters. The van der Waals surface area contributed by atoms with Gasteiger partial charge < -0.3 is 5.11 Å². The number of rotatable bonds is 1. The molecule has 1 aliphatic rings. The summed E-state index contributed by atoms with van der Waals surface area (Å²) in [6.07, 6.45) is 2.15. The first-order valence-electron chi connectivity index (χ1n) is 4.17. The molecule has 1 aliphatic heterocycles. The first kappa shape index (κ1) is 8.02. The first-order chi connectivity index (χ1) is 4.75. The van der Waals surface area contributed by atoms with Crippen molar-refractivity contribution < 1.29 is 5.11 Å². The molecule has 1 fully saturated rings. The third kappa shape index (κ3) is 1.50. The van der Waals surface area contributed by atoms with Crippen LogP contribution in [0.4, 0.5) is 0 Å². The summed E-state index contributed by atoms with van der Waals surface area (Å²) in [6.45, 7) is 5.29. The average molecular weight is 143 g/mol. The number of aliphatic hydroxyl groups is 1. The molecule has 0 amide bonds. The maximum atomic E-state index is 9.37. The maximum absolute atomic E-state index is 9.37. The number of nitrogens with one attached hydrogen (secondary N) is 1. The highest BCUT2D eigenvalue weighted by Crippen LogP contribution is 2.24. The van der Waals surface area contributed by atoms with Crippen LogP contribution in [-0.4, -0.2) is 17.9 Å². The molecule has 0 aromatic rings. The molecule has 10 heavy (non-hydrogen) atoms. The molecule has 60 valence electrons. The third-order valence-corrected chi connectivity index (χ3v) is 2.63. The number of piperidine rings is 1. The molecule has 0 spiro atoms. The minimum atomic E-state index is -0.265. The van der Waals surface area contributed by atoms with Crippen molar-refractivity contribution in [1.29, 1.82) is 0 Å². The van der Waals surface area contributed by atoms with Gasteiger partial charge in [-0.1, -0.05) is 20.3 Å². The summed E-state index contributed by atoms with van der Waals surface area (Å²) in [4.78, 5) is 0. The molecule has 0 radical (unpaired) electrons.